The third kappa shape index (κ3) is 4.34. The average molecular weight is 323 g/mol. The quantitative estimate of drug-likeness (QED) is 0.440. The van der Waals surface area contributed by atoms with Crippen LogP contribution in [0.1, 0.15) is 40.5 Å². The molecular weight excluding hydrogens is 302 g/mol. The molecule has 0 N–H and O–H groups in total. The number of carbonyl (C=O) groups is 3. The number of nitrogens with zero attached hydrogens (tertiary/aromatic N) is 1. The van der Waals surface area contributed by atoms with E-state index in [1.165, 1.54) is 12.3 Å². The summed E-state index contributed by atoms with van der Waals surface area (Å²) in [6.45, 7) is 7.14. The molecule has 7 nitrogen and oxygen atoms in total. The zero-order valence-corrected chi connectivity index (χ0v) is 13.8. The molecule has 1 fully saturated rings. The molecule has 0 aromatic rings. The van der Waals surface area contributed by atoms with Gasteiger partial charge in [0.15, 0.2) is 0 Å². The number of cyclic esters (lactones) is 1. The molecule has 1 unspecified atom stereocenters. The van der Waals surface area contributed by atoms with Crippen molar-refractivity contribution in [1.82, 2.24) is 4.90 Å². The molecule has 7 heteroatoms. The maximum atomic E-state index is 12.3. The molecule has 23 heavy (non-hydrogen) atoms. The fourth-order valence-corrected chi connectivity index (χ4v) is 2.13. The van der Waals surface area contributed by atoms with Gasteiger partial charge in [-0.3, -0.25) is 4.79 Å². The number of piperidine rings is 1. The monoisotopic (exact) mass is 323 g/mol. The van der Waals surface area contributed by atoms with Gasteiger partial charge in [-0.15, -0.1) is 0 Å². The van der Waals surface area contributed by atoms with Crippen molar-refractivity contribution in [2.75, 3.05) is 6.54 Å². The van der Waals surface area contributed by atoms with Gasteiger partial charge in [0.1, 0.15) is 5.60 Å². The normalized spacial score (nSPS) is 23.7. The predicted molar refractivity (Wildman–Crippen MR) is 80.0 cm³/mol. The Morgan fingerprint density at radius 1 is 1.39 bits per heavy atom. The summed E-state index contributed by atoms with van der Waals surface area (Å²) in [4.78, 5) is 36.7. The van der Waals surface area contributed by atoms with E-state index in [4.69, 9.17) is 14.2 Å². The van der Waals surface area contributed by atoms with Crippen molar-refractivity contribution in [3.8, 4) is 0 Å². The summed E-state index contributed by atoms with van der Waals surface area (Å²) in [5.41, 5.74) is 0.130. The third-order valence-corrected chi connectivity index (χ3v) is 3.24. The molecule has 0 bridgehead atoms. The Balaban J connectivity index is 2.01. The van der Waals surface area contributed by atoms with Gasteiger partial charge in [-0.05, 0) is 40.5 Å². The summed E-state index contributed by atoms with van der Waals surface area (Å²) in [6, 6.07) is 0. The maximum absolute atomic E-state index is 12.3. The van der Waals surface area contributed by atoms with Crippen LogP contribution < -0.4 is 0 Å². The van der Waals surface area contributed by atoms with Crippen LogP contribution in [-0.4, -0.2) is 41.3 Å². The molecule has 0 spiro atoms. The van der Waals surface area contributed by atoms with Gasteiger partial charge >= 0.3 is 12.1 Å². The minimum Gasteiger partial charge on any atom is -0.458 e. The Morgan fingerprint density at radius 3 is 2.65 bits per heavy atom. The average Bonchev–Trinajstić information content (AvgIpc) is 2.74. The van der Waals surface area contributed by atoms with Gasteiger partial charge in [-0.25, -0.2) is 14.5 Å². The van der Waals surface area contributed by atoms with Gasteiger partial charge in [0, 0.05) is 18.2 Å². The highest BCUT2D eigenvalue weighted by Crippen LogP contribution is 2.21. The van der Waals surface area contributed by atoms with Crippen LogP contribution in [0.3, 0.4) is 0 Å². The fourth-order valence-electron chi connectivity index (χ4n) is 2.13. The molecule has 2 rings (SSSR count). The van der Waals surface area contributed by atoms with Crippen molar-refractivity contribution in [2.24, 2.45) is 0 Å². The van der Waals surface area contributed by atoms with Crippen LogP contribution in [0.5, 0.6) is 0 Å². The molecule has 0 aromatic heterocycles. The van der Waals surface area contributed by atoms with Crippen LogP contribution >= 0.6 is 0 Å². The Morgan fingerprint density at radius 2 is 2.09 bits per heavy atom. The number of esters is 1. The van der Waals surface area contributed by atoms with E-state index in [0.29, 0.717) is 30.5 Å². The highest BCUT2D eigenvalue weighted by atomic mass is 16.7. The molecule has 2 amide bonds. The molecule has 1 saturated heterocycles. The molecule has 2 heterocycles. The third-order valence-electron chi connectivity index (χ3n) is 3.24. The molecule has 1 atom stereocenters. The highest BCUT2D eigenvalue weighted by Gasteiger charge is 2.32. The SMILES string of the molecule is CC1=CC(O/C=C2\CCCN(C(=O)OC(C)(C)C)C2=O)OC1=O. The number of hydrogen-bond donors (Lipinski definition) is 0. The number of likely N-dealkylation sites (tertiary alicyclic amines) is 1. The first-order valence-corrected chi connectivity index (χ1v) is 7.46. The second-order valence-corrected chi connectivity index (χ2v) is 6.44. The van der Waals surface area contributed by atoms with Crippen LogP contribution in [0.25, 0.3) is 0 Å². The number of hydrogen-bond acceptors (Lipinski definition) is 6. The van der Waals surface area contributed by atoms with E-state index >= 15 is 0 Å². The maximum Gasteiger partial charge on any atom is 0.417 e. The molecule has 2 aliphatic rings. The Kier molecular flexibility index (Phi) is 4.77. The number of ether oxygens (including phenoxy) is 3. The molecular formula is C16H21NO6. The largest absolute Gasteiger partial charge is 0.458 e. The van der Waals surface area contributed by atoms with Crippen LogP contribution in [0.2, 0.25) is 0 Å². The summed E-state index contributed by atoms with van der Waals surface area (Å²) in [6.07, 6.45) is 2.39. The van der Waals surface area contributed by atoms with Crippen LogP contribution in [0, 0.1) is 0 Å². The van der Waals surface area contributed by atoms with E-state index in [1.54, 1.807) is 27.7 Å². The van der Waals surface area contributed by atoms with Gasteiger partial charge in [-0.2, -0.15) is 0 Å². The number of imide groups is 1. The van der Waals surface area contributed by atoms with Gasteiger partial charge < -0.3 is 14.2 Å². The molecule has 126 valence electrons. The van der Waals surface area contributed by atoms with E-state index in [9.17, 15) is 14.4 Å². The number of amides is 2. The van der Waals surface area contributed by atoms with Crippen molar-refractivity contribution < 1.29 is 28.6 Å². The van der Waals surface area contributed by atoms with Crippen LogP contribution in [0.4, 0.5) is 4.79 Å². The van der Waals surface area contributed by atoms with Crippen molar-refractivity contribution in [3.63, 3.8) is 0 Å². The summed E-state index contributed by atoms with van der Waals surface area (Å²) >= 11 is 0. The highest BCUT2D eigenvalue weighted by molar-refractivity contribution is 6.03. The lowest BCUT2D eigenvalue weighted by molar-refractivity contribution is -0.152. The minimum atomic E-state index is -0.834. The van der Waals surface area contributed by atoms with Crippen LogP contribution in [0.15, 0.2) is 23.5 Å². The first-order chi connectivity index (χ1) is 10.7. The second-order valence-electron chi connectivity index (χ2n) is 6.44. The van der Waals surface area contributed by atoms with E-state index in [2.05, 4.69) is 0 Å². The van der Waals surface area contributed by atoms with Gasteiger partial charge in [-0.1, -0.05) is 0 Å². The lowest BCUT2D eigenvalue weighted by Gasteiger charge is -2.29. The lowest BCUT2D eigenvalue weighted by atomic mass is 10.1. The Hall–Kier alpha value is -2.31. The second kappa shape index (κ2) is 6.44. The fraction of sp³-hybridized carbons (Fsp3) is 0.562. The summed E-state index contributed by atoms with van der Waals surface area (Å²) in [7, 11) is 0. The van der Waals surface area contributed by atoms with E-state index in [1.807, 2.05) is 0 Å². The first kappa shape index (κ1) is 17.1. The summed E-state index contributed by atoms with van der Waals surface area (Å²) in [5.74, 6) is -0.894. The molecule has 2 aliphatic heterocycles. The Bertz CT molecular complexity index is 584. The lowest BCUT2D eigenvalue weighted by Crippen LogP contribution is -2.44. The van der Waals surface area contributed by atoms with Gasteiger partial charge in [0.25, 0.3) is 12.2 Å². The summed E-state index contributed by atoms with van der Waals surface area (Å²) in [5, 5.41) is 0. The topological polar surface area (TPSA) is 82.1 Å². The molecule has 0 aromatic carbocycles. The summed E-state index contributed by atoms with van der Waals surface area (Å²) < 4.78 is 15.4. The standard InChI is InChI=1S/C16H21NO6/c1-10-8-12(22-14(10)19)21-9-11-6-5-7-17(13(11)18)15(20)23-16(2,3)4/h8-9,12H,5-7H2,1-4H3/b11-9+. The predicted octanol–water partition coefficient (Wildman–Crippen LogP) is 2.27. The van der Waals surface area contributed by atoms with Gasteiger partial charge in [0.05, 0.1) is 11.8 Å². The van der Waals surface area contributed by atoms with Gasteiger partial charge in [0.2, 0.25) is 0 Å². The molecule has 0 radical (unpaired) electrons. The van der Waals surface area contributed by atoms with Crippen molar-refractivity contribution in [3.05, 3.63) is 23.5 Å². The smallest absolute Gasteiger partial charge is 0.417 e. The van der Waals surface area contributed by atoms with Crippen molar-refractivity contribution >= 4 is 18.0 Å². The van der Waals surface area contributed by atoms with E-state index in [0.717, 1.165) is 4.90 Å². The zero-order chi connectivity index (χ0) is 17.2. The first-order valence-electron chi connectivity index (χ1n) is 7.46. The zero-order valence-electron chi connectivity index (χ0n) is 13.8. The van der Waals surface area contributed by atoms with Crippen molar-refractivity contribution in [1.29, 1.82) is 0 Å². The van der Waals surface area contributed by atoms with E-state index < -0.39 is 29.9 Å². The molecule has 0 aliphatic carbocycles. The molecule has 0 saturated carbocycles. The number of rotatable bonds is 2. The number of carbonyl (C=O) groups excluding carboxylic acids is 3. The van der Waals surface area contributed by atoms with E-state index in [-0.39, 0.29) is 0 Å². The van der Waals surface area contributed by atoms with Crippen molar-refractivity contribution in [2.45, 2.75) is 52.4 Å². The Labute approximate surface area is 134 Å². The minimum absolute atomic E-state index is 0.308. The van der Waals surface area contributed by atoms with Crippen LogP contribution in [-0.2, 0) is 23.8 Å².